The number of amides is 1. The van der Waals surface area contributed by atoms with Gasteiger partial charge in [0, 0.05) is 4.47 Å². The molecular formula is C12H11BrF3NO4. The van der Waals surface area contributed by atoms with Crippen LogP contribution < -0.4 is 10.1 Å². The van der Waals surface area contributed by atoms with Crippen LogP contribution in [0.5, 0.6) is 5.75 Å². The normalized spacial score (nSPS) is 12.6. The fourth-order valence-electron chi connectivity index (χ4n) is 1.47. The Morgan fingerprint density at radius 2 is 2.05 bits per heavy atom. The highest BCUT2D eigenvalue weighted by Crippen LogP contribution is 2.24. The van der Waals surface area contributed by atoms with Gasteiger partial charge in [0.2, 0.25) is 0 Å². The summed E-state index contributed by atoms with van der Waals surface area (Å²) >= 11 is 3.06. The quantitative estimate of drug-likeness (QED) is 0.836. The Kier molecular flexibility index (Phi) is 5.59. The summed E-state index contributed by atoms with van der Waals surface area (Å²) in [6, 6.07) is 2.22. The van der Waals surface area contributed by atoms with Crippen molar-refractivity contribution in [3.05, 3.63) is 28.2 Å². The molecule has 21 heavy (non-hydrogen) atoms. The van der Waals surface area contributed by atoms with E-state index in [1.165, 1.54) is 25.3 Å². The standard InChI is InChI=1S/C12H11BrF3NO4/c1-21-6-2-3-8(13)7(4-6)10(18)17-9(11(19)20)5-12(14,15)16/h2-4,9H,5H2,1H3,(H,17,18)(H,19,20). The van der Waals surface area contributed by atoms with E-state index >= 15 is 0 Å². The lowest BCUT2D eigenvalue weighted by atomic mass is 10.1. The average Bonchev–Trinajstić information content (AvgIpc) is 2.36. The van der Waals surface area contributed by atoms with Crippen LogP contribution in [0, 0.1) is 0 Å². The first kappa shape index (κ1) is 17.3. The Labute approximate surface area is 126 Å². The Hall–Kier alpha value is -1.77. The number of methoxy groups -OCH3 is 1. The van der Waals surface area contributed by atoms with Crippen molar-refractivity contribution < 1.29 is 32.6 Å². The van der Waals surface area contributed by atoms with E-state index in [2.05, 4.69) is 15.9 Å². The van der Waals surface area contributed by atoms with Crippen molar-refractivity contribution in [2.75, 3.05) is 7.11 Å². The fourth-order valence-corrected chi connectivity index (χ4v) is 1.90. The third-order valence-electron chi connectivity index (χ3n) is 2.46. The van der Waals surface area contributed by atoms with Crippen LogP contribution in [0.3, 0.4) is 0 Å². The van der Waals surface area contributed by atoms with Gasteiger partial charge in [0.25, 0.3) is 5.91 Å². The molecule has 0 saturated carbocycles. The predicted octanol–water partition coefficient (Wildman–Crippen LogP) is 2.59. The number of ether oxygens (including phenoxy) is 1. The predicted molar refractivity (Wildman–Crippen MR) is 70.3 cm³/mol. The molecule has 0 aromatic heterocycles. The van der Waals surface area contributed by atoms with Gasteiger partial charge in [0.05, 0.1) is 19.1 Å². The molecule has 0 aliphatic heterocycles. The summed E-state index contributed by atoms with van der Waals surface area (Å²) in [5, 5.41) is 10.6. The van der Waals surface area contributed by atoms with Crippen molar-refractivity contribution in [1.29, 1.82) is 0 Å². The average molecular weight is 370 g/mol. The van der Waals surface area contributed by atoms with Gasteiger partial charge in [-0.25, -0.2) is 4.79 Å². The van der Waals surface area contributed by atoms with Crippen molar-refractivity contribution in [2.24, 2.45) is 0 Å². The zero-order chi connectivity index (χ0) is 16.2. The number of alkyl halides is 3. The van der Waals surface area contributed by atoms with E-state index in [9.17, 15) is 22.8 Å². The van der Waals surface area contributed by atoms with Gasteiger partial charge < -0.3 is 15.2 Å². The molecule has 1 aromatic rings. The minimum atomic E-state index is -4.71. The molecule has 0 spiro atoms. The number of halogens is 4. The molecule has 2 N–H and O–H groups in total. The summed E-state index contributed by atoms with van der Waals surface area (Å²) in [6.45, 7) is 0. The minimum Gasteiger partial charge on any atom is -0.497 e. The highest BCUT2D eigenvalue weighted by Gasteiger charge is 2.36. The monoisotopic (exact) mass is 369 g/mol. The van der Waals surface area contributed by atoms with Crippen LogP contribution in [0.2, 0.25) is 0 Å². The fraction of sp³-hybridized carbons (Fsp3) is 0.333. The molecule has 1 aromatic carbocycles. The zero-order valence-corrected chi connectivity index (χ0v) is 12.3. The summed E-state index contributed by atoms with van der Waals surface area (Å²) in [7, 11) is 1.36. The molecule has 1 rings (SSSR count). The summed E-state index contributed by atoms with van der Waals surface area (Å²) in [5.41, 5.74) is -0.0252. The van der Waals surface area contributed by atoms with Crippen molar-refractivity contribution in [3.63, 3.8) is 0 Å². The molecule has 1 atom stereocenters. The van der Waals surface area contributed by atoms with E-state index in [-0.39, 0.29) is 5.56 Å². The third-order valence-corrected chi connectivity index (χ3v) is 3.15. The third kappa shape index (κ3) is 5.25. The van der Waals surface area contributed by atoms with E-state index in [0.717, 1.165) is 0 Å². The first-order valence-electron chi connectivity index (χ1n) is 5.58. The number of hydrogen-bond donors (Lipinski definition) is 2. The maximum atomic E-state index is 12.3. The number of rotatable bonds is 5. The number of carbonyl (C=O) groups is 2. The van der Waals surface area contributed by atoms with Gasteiger partial charge in [0.1, 0.15) is 11.8 Å². The van der Waals surface area contributed by atoms with Gasteiger partial charge in [0.15, 0.2) is 0 Å². The van der Waals surface area contributed by atoms with Crippen molar-refractivity contribution in [3.8, 4) is 5.75 Å². The second-order valence-corrected chi connectivity index (χ2v) is 4.88. The van der Waals surface area contributed by atoms with E-state index in [1.807, 2.05) is 5.32 Å². The first-order chi connectivity index (χ1) is 9.64. The molecule has 0 heterocycles. The molecular weight excluding hydrogens is 359 g/mol. The maximum absolute atomic E-state index is 12.3. The molecule has 9 heteroatoms. The van der Waals surface area contributed by atoms with Gasteiger partial charge >= 0.3 is 12.1 Å². The number of carboxylic acids is 1. The molecule has 0 radical (unpaired) electrons. The summed E-state index contributed by atoms with van der Waals surface area (Å²) in [4.78, 5) is 22.7. The van der Waals surface area contributed by atoms with Crippen molar-refractivity contribution in [2.45, 2.75) is 18.6 Å². The largest absolute Gasteiger partial charge is 0.497 e. The van der Waals surface area contributed by atoms with Gasteiger partial charge in [-0.1, -0.05) is 0 Å². The second-order valence-electron chi connectivity index (χ2n) is 4.03. The number of hydrogen-bond acceptors (Lipinski definition) is 3. The highest BCUT2D eigenvalue weighted by molar-refractivity contribution is 9.10. The maximum Gasteiger partial charge on any atom is 0.391 e. The van der Waals surface area contributed by atoms with E-state index < -0.39 is 30.5 Å². The molecule has 0 bridgehead atoms. The van der Waals surface area contributed by atoms with Gasteiger partial charge in [-0.3, -0.25) is 4.79 Å². The van der Waals surface area contributed by atoms with E-state index in [1.54, 1.807) is 0 Å². The second kappa shape index (κ2) is 6.79. The number of carboxylic acid groups (broad SMARTS) is 1. The summed E-state index contributed by atoms with van der Waals surface area (Å²) in [6.07, 6.45) is -6.36. The highest BCUT2D eigenvalue weighted by atomic mass is 79.9. The molecule has 0 saturated heterocycles. The lowest BCUT2D eigenvalue weighted by Crippen LogP contribution is -2.43. The van der Waals surface area contributed by atoms with Gasteiger partial charge in [-0.15, -0.1) is 0 Å². The van der Waals surface area contributed by atoms with Crippen LogP contribution >= 0.6 is 15.9 Å². The Bertz CT molecular complexity index is 548. The van der Waals surface area contributed by atoms with Crippen molar-refractivity contribution in [1.82, 2.24) is 5.32 Å². The Morgan fingerprint density at radius 1 is 1.43 bits per heavy atom. The van der Waals surface area contributed by atoms with Gasteiger partial charge in [-0.2, -0.15) is 13.2 Å². The Balaban J connectivity index is 2.94. The van der Waals surface area contributed by atoms with E-state index in [0.29, 0.717) is 10.2 Å². The molecule has 1 amide bonds. The number of benzene rings is 1. The number of aliphatic carboxylic acids is 1. The SMILES string of the molecule is COc1ccc(Br)c(C(=O)NC(CC(F)(F)F)C(=O)O)c1. The zero-order valence-electron chi connectivity index (χ0n) is 10.7. The first-order valence-corrected chi connectivity index (χ1v) is 6.37. The topological polar surface area (TPSA) is 75.6 Å². The van der Waals surface area contributed by atoms with Crippen molar-refractivity contribution >= 4 is 27.8 Å². The lowest BCUT2D eigenvalue weighted by Gasteiger charge is -2.17. The molecule has 5 nitrogen and oxygen atoms in total. The molecule has 0 fully saturated rings. The minimum absolute atomic E-state index is 0.0252. The summed E-state index contributed by atoms with van der Waals surface area (Å²) in [5.74, 6) is -2.40. The summed E-state index contributed by atoms with van der Waals surface area (Å²) < 4.78 is 42.0. The Morgan fingerprint density at radius 3 is 2.52 bits per heavy atom. The van der Waals surface area contributed by atoms with Gasteiger partial charge in [-0.05, 0) is 34.1 Å². The van der Waals surface area contributed by atoms with Crippen LogP contribution in [0.15, 0.2) is 22.7 Å². The van der Waals surface area contributed by atoms with Crippen LogP contribution in [0.1, 0.15) is 16.8 Å². The van der Waals surface area contributed by atoms with Crippen LogP contribution in [-0.4, -0.2) is 36.3 Å². The molecule has 1 unspecified atom stereocenters. The molecule has 0 aliphatic rings. The smallest absolute Gasteiger partial charge is 0.391 e. The molecule has 0 aliphatic carbocycles. The molecule has 116 valence electrons. The van der Waals surface area contributed by atoms with Crippen LogP contribution in [0.25, 0.3) is 0 Å². The number of nitrogens with one attached hydrogen (secondary N) is 1. The lowest BCUT2D eigenvalue weighted by molar-refractivity contribution is -0.157. The number of carbonyl (C=O) groups excluding carboxylic acids is 1. The van der Waals surface area contributed by atoms with Crippen LogP contribution in [-0.2, 0) is 4.79 Å². The van der Waals surface area contributed by atoms with E-state index in [4.69, 9.17) is 9.84 Å². The van der Waals surface area contributed by atoms with Crippen LogP contribution in [0.4, 0.5) is 13.2 Å².